The summed E-state index contributed by atoms with van der Waals surface area (Å²) < 4.78 is 0. The van der Waals surface area contributed by atoms with Crippen LogP contribution in [0.15, 0.2) is 42.9 Å². The number of nitrogens with one attached hydrogen (secondary N) is 1. The minimum Gasteiger partial charge on any atom is -0.366 e. The Balaban J connectivity index is 2.22. The van der Waals surface area contributed by atoms with Gasteiger partial charge in [-0.15, -0.1) is 0 Å². The molecule has 0 atom stereocenters. The van der Waals surface area contributed by atoms with Gasteiger partial charge in [0.1, 0.15) is 0 Å². The summed E-state index contributed by atoms with van der Waals surface area (Å²) in [5.74, 6) is 0. The van der Waals surface area contributed by atoms with E-state index in [1.54, 1.807) is 0 Å². The summed E-state index contributed by atoms with van der Waals surface area (Å²) in [7, 11) is 1.95. The Morgan fingerprint density at radius 3 is 2.79 bits per heavy atom. The smallest absolute Gasteiger partial charge is 0.0602 e. The lowest BCUT2D eigenvalue weighted by Crippen LogP contribution is -2.24. The van der Waals surface area contributed by atoms with Gasteiger partial charge in [-0.1, -0.05) is 6.07 Å². The average Bonchev–Trinajstić information content (AvgIpc) is 2.47. The summed E-state index contributed by atoms with van der Waals surface area (Å²) in [6, 6.07) is 8.09. The van der Waals surface area contributed by atoms with Crippen LogP contribution in [-0.2, 0) is 13.1 Å². The minimum absolute atomic E-state index is 0.818. The fourth-order valence-corrected chi connectivity index (χ4v) is 2.11. The molecule has 2 aromatic heterocycles. The highest BCUT2D eigenvalue weighted by atomic mass is 15.1. The highest BCUT2D eigenvalue weighted by Crippen LogP contribution is 2.20. The van der Waals surface area contributed by atoms with Crippen molar-refractivity contribution in [2.75, 3.05) is 18.5 Å². The van der Waals surface area contributed by atoms with Crippen LogP contribution < -0.4 is 10.2 Å². The van der Waals surface area contributed by atoms with Gasteiger partial charge in [0.2, 0.25) is 0 Å². The van der Waals surface area contributed by atoms with Crippen LogP contribution in [0.25, 0.3) is 0 Å². The highest BCUT2D eigenvalue weighted by molar-refractivity contribution is 5.52. The molecule has 19 heavy (non-hydrogen) atoms. The van der Waals surface area contributed by atoms with Gasteiger partial charge in [0.25, 0.3) is 0 Å². The molecule has 4 heteroatoms. The van der Waals surface area contributed by atoms with Crippen molar-refractivity contribution in [2.45, 2.75) is 20.0 Å². The van der Waals surface area contributed by atoms with Gasteiger partial charge in [-0.05, 0) is 32.2 Å². The number of anilines is 1. The molecule has 0 saturated carbocycles. The van der Waals surface area contributed by atoms with Gasteiger partial charge in [-0.25, -0.2) is 0 Å². The van der Waals surface area contributed by atoms with Crippen molar-refractivity contribution in [1.29, 1.82) is 0 Å². The zero-order valence-electron chi connectivity index (χ0n) is 11.5. The van der Waals surface area contributed by atoms with Crippen LogP contribution in [0.5, 0.6) is 0 Å². The van der Waals surface area contributed by atoms with Crippen LogP contribution in [0.4, 0.5) is 5.69 Å². The van der Waals surface area contributed by atoms with Crippen LogP contribution in [0.1, 0.15) is 18.2 Å². The van der Waals surface area contributed by atoms with Crippen molar-refractivity contribution >= 4 is 5.69 Å². The first-order valence-electron chi connectivity index (χ1n) is 6.57. The maximum atomic E-state index is 4.39. The fourth-order valence-electron chi connectivity index (χ4n) is 2.11. The molecule has 2 rings (SSSR count). The third kappa shape index (κ3) is 3.51. The molecule has 0 saturated heterocycles. The maximum Gasteiger partial charge on any atom is 0.0602 e. The summed E-state index contributed by atoms with van der Waals surface area (Å²) in [6.45, 7) is 4.74. The SMILES string of the molecule is CCN(Cc1ccccn1)c1ccncc1CNC. The molecule has 0 bridgehead atoms. The molecule has 2 aromatic rings. The van der Waals surface area contributed by atoms with E-state index in [4.69, 9.17) is 0 Å². The molecule has 4 nitrogen and oxygen atoms in total. The zero-order valence-corrected chi connectivity index (χ0v) is 11.5. The van der Waals surface area contributed by atoms with E-state index in [0.29, 0.717) is 0 Å². The lowest BCUT2D eigenvalue weighted by Gasteiger charge is -2.25. The number of rotatable bonds is 6. The van der Waals surface area contributed by atoms with Crippen molar-refractivity contribution < 1.29 is 0 Å². The lowest BCUT2D eigenvalue weighted by atomic mass is 10.2. The summed E-state index contributed by atoms with van der Waals surface area (Å²) in [6.07, 6.45) is 5.60. The molecule has 0 aliphatic rings. The van der Waals surface area contributed by atoms with E-state index >= 15 is 0 Å². The van der Waals surface area contributed by atoms with Crippen LogP contribution in [0.2, 0.25) is 0 Å². The van der Waals surface area contributed by atoms with E-state index < -0.39 is 0 Å². The number of aromatic nitrogens is 2. The third-order valence-electron chi connectivity index (χ3n) is 3.05. The minimum atomic E-state index is 0.818. The molecular formula is C15H20N4. The fraction of sp³-hybridized carbons (Fsp3) is 0.333. The second kappa shape index (κ2) is 6.85. The van der Waals surface area contributed by atoms with Crippen LogP contribution in [-0.4, -0.2) is 23.6 Å². The molecule has 0 fully saturated rings. The topological polar surface area (TPSA) is 41.1 Å². The predicted molar refractivity (Wildman–Crippen MR) is 78.0 cm³/mol. The first-order valence-corrected chi connectivity index (χ1v) is 6.57. The van der Waals surface area contributed by atoms with Gasteiger partial charge in [0, 0.05) is 42.9 Å². The number of hydrogen-bond acceptors (Lipinski definition) is 4. The van der Waals surface area contributed by atoms with Gasteiger partial charge in [-0.2, -0.15) is 0 Å². The number of hydrogen-bond donors (Lipinski definition) is 1. The van der Waals surface area contributed by atoms with Crippen LogP contribution >= 0.6 is 0 Å². The molecule has 0 aliphatic heterocycles. The van der Waals surface area contributed by atoms with E-state index in [9.17, 15) is 0 Å². The van der Waals surface area contributed by atoms with Crippen molar-refractivity contribution in [2.24, 2.45) is 0 Å². The van der Waals surface area contributed by atoms with Gasteiger partial charge in [-0.3, -0.25) is 9.97 Å². The van der Waals surface area contributed by atoms with Gasteiger partial charge < -0.3 is 10.2 Å². The molecule has 0 radical (unpaired) electrons. The van der Waals surface area contributed by atoms with E-state index in [1.165, 1.54) is 11.3 Å². The summed E-state index contributed by atoms with van der Waals surface area (Å²) in [5, 5.41) is 3.18. The quantitative estimate of drug-likeness (QED) is 0.860. The Bertz CT molecular complexity index is 499. The molecule has 0 unspecified atom stereocenters. The van der Waals surface area contributed by atoms with Gasteiger partial charge in [0.05, 0.1) is 12.2 Å². The molecule has 100 valence electrons. The van der Waals surface area contributed by atoms with E-state index in [2.05, 4.69) is 39.2 Å². The highest BCUT2D eigenvalue weighted by Gasteiger charge is 2.10. The first kappa shape index (κ1) is 13.5. The molecule has 1 N–H and O–H groups in total. The summed E-state index contributed by atoms with van der Waals surface area (Å²) in [4.78, 5) is 10.9. The van der Waals surface area contributed by atoms with Crippen molar-refractivity contribution in [3.63, 3.8) is 0 Å². The zero-order chi connectivity index (χ0) is 13.5. The molecular weight excluding hydrogens is 236 g/mol. The Labute approximate surface area is 114 Å². The van der Waals surface area contributed by atoms with Gasteiger partial charge >= 0.3 is 0 Å². The second-order valence-corrected chi connectivity index (χ2v) is 4.37. The normalized spacial score (nSPS) is 10.4. The summed E-state index contributed by atoms with van der Waals surface area (Å²) >= 11 is 0. The Morgan fingerprint density at radius 1 is 1.21 bits per heavy atom. The number of pyridine rings is 2. The van der Waals surface area contributed by atoms with Crippen molar-refractivity contribution in [3.8, 4) is 0 Å². The predicted octanol–water partition coefficient (Wildman–Crippen LogP) is 2.22. The molecule has 0 aliphatic carbocycles. The Hall–Kier alpha value is -1.94. The van der Waals surface area contributed by atoms with E-state index in [0.717, 1.165) is 25.3 Å². The standard InChI is InChI=1S/C15H20N4/c1-3-19(12-14-6-4-5-8-18-14)15-7-9-17-11-13(15)10-16-2/h4-9,11,16H,3,10,12H2,1-2H3. The molecule has 0 spiro atoms. The molecule has 0 aromatic carbocycles. The Kier molecular flexibility index (Phi) is 4.86. The number of nitrogens with zero attached hydrogens (tertiary/aromatic N) is 3. The molecule has 0 amide bonds. The monoisotopic (exact) mass is 256 g/mol. The van der Waals surface area contributed by atoms with Crippen molar-refractivity contribution in [3.05, 3.63) is 54.1 Å². The maximum absolute atomic E-state index is 4.39. The van der Waals surface area contributed by atoms with E-state index in [1.807, 2.05) is 37.8 Å². The average molecular weight is 256 g/mol. The first-order chi connectivity index (χ1) is 9.35. The second-order valence-electron chi connectivity index (χ2n) is 4.37. The lowest BCUT2D eigenvalue weighted by molar-refractivity contribution is 0.771. The van der Waals surface area contributed by atoms with Crippen molar-refractivity contribution in [1.82, 2.24) is 15.3 Å². The van der Waals surface area contributed by atoms with E-state index in [-0.39, 0.29) is 0 Å². The largest absolute Gasteiger partial charge is 0.366 e. The Morgan fingerprint density at radius 2 is 2.11 bits per heavy atom. The molecule has 2 heterocycles. The van der Waals surface area contributed by atoms with Crippen LogP contribution in [0.3, 0.4) is 0 Å². The third-order valence-corrected chi connectivity index (χ3v) is 3.05. The summed E-state index contributed by atoms with van der Waals surface area (Å²) in [5.41, 5.74) is 3.51. The van der Waals surface area contributed by atoms with Crippen LogP contribution in [0, 0.1) is 0 Å². The van der Waals surface area contributed by atoms with Gasteiger partial charge in [0.15, 0.2) is 0 Å².